The van der Waals surface area contributed by atoms with E-state index in [1.165, 1.54) is 11.3 Å². The van der Waals surface area contributed by atoms with E-state index >= 15 is 0 Å². The number of rotatable bonds is 0. The highest BCUT2D eigenvalue weighted by Crippen LogP contribution is 2.28. The van der Waals surface area contributed by atoms with Gasteiger partial charge < -0.3 is 9.88 Å². The molecule has 0 spiro atoms. The van der Waals surface area contributed by atoms with Gasteiger partial charge in [0.1, 0.15) is 0 Å². The first-order valence-corrected chi connectivity index (χ1v) is 4.28. The molecule has 1 aliphatic rings. The highest BCUT2D eigenvalue weighted by atomic mass is 15.0. The third kappa shape index (κ3) is 0.876. The molecule has 0 fully saturated rings. The minimum absolute atomic E-state index is 0.588. The molecular weight excluding hydrogens is 148 g/mol. The Balaban J connectivity index is 2.57. The van der Waals surface area contributed by atoms with E-state index in [1.54, 1.807) is 0 Å². The molecule has 2 nitrogen and oxygen atoms in total. The molecule has 0 radical (unpaired) electrons. The SMILES string of the molecule is C=C1NCC(C)c2c1ccn2C. The number of hydrogen-bond acceptors (Lipinski definition) is 1. The van der Waals surface area contributed by atoms with E-state index in [0.717, 1.165) is 12.2 Å². The smallest absolute Gasteiger partial charge is 0.0359 e. The zero-order chi connectivity index (χ0) is 8.72. The van der Waals surface area contributed by atoms with Crippen LogP contribution in [-0.2, 0) is 7.05 Å². The highest BCUT2D eigenvalue weighted by Gasteiger charge is 2.20. The summed E-state index contributed by atoms with van der Waals surface area (Å²) in [7, 11) is 2.09. The third-order valence-corrected chi connectivity index (χ3v) is 2.53. The Hall–Kier alpha value is -1.18. The highest BCUT2D eigenvalue weighted by molar-refractivity contribution is 5.66. The van der Waals surface area contributed by atoms with Crippen molar-refractivity contribution in [2.45, 2.75) is 12.8 Å². The van der Waals surface area contributed by atoms with Gasteiger partial charge >= 0.3 is 0 Å². The van der Waals surface area contributed by atoms with Crippen LogP contribution in [0, 0.1) is 0 Å². The minimum atomic E-state index is 0.588. The number of fused-ring (bicyclic) bond motifs is 1. The Labute approximate surface area is 72.9 Å². The van der Waals surface area contributed by atoms with E-state index < -0.39 is 0 Å². The Bertz CT molecular complexity index is 323. The second kappa shape index (κ2) is 2.41. The fourth-order valence-corrected chi connectivity index (χ4v) is 1.88. The number of nitrogens with zero attached hydrogens (tertiary/aromatic N) is 1. The first-order valence-electron chi connectivity index (χ1n) is 4.28. The molecule has 0 bridgehead atoms. The largest absolute Gasteiger partial charge is 0.384 e. The first kappa shape index (κ1) is 7.47. The minimum Gasteiger partial charge on any atom is -0.384 e. The standard InChI is InChI=1S/C10H14N2/c1-7-6-11-8(2)9-4-5-12(3)10(7)9/h4-5,7,11H,2,6H2,1,3H3. The Morgan fingerprint density at radius 1 is 1.67 bits per heavy atom. The van der Waals surface area contributed by atoms with Crippen LogP contribution < -0.4 is 5.32 Å². The van der Waals surface area contributed by atoms with Gasteiger partial charge in [0.15, 0.2) is 0 Å². The summed E-state index contributed by atoms with van der Waals surface area (Å²) >= 11 is 0. The Morgan fingerprint density at radius 2 is 2.42 bits per heavy atom. The van der Waals surface area contributed by atoms with Crippen LogP contribution in [0.1, 0.15) is 24.1 Å². The van der Waals surface area contributed by atoms with Crippen molar-refractivity contribution < 1.29 is 0 Å². The molecule has 0 saturated heterocycles. The van der Waals surface area contributed by atoms with Gasteiger partial charge in [0.2, 0.25) is 0 Å². The van der Waals surface area contributed by atoms with E-state index in [1.807, 2.05) is 0 Å². The maximum atomic E-state index is 3.98. The summed E-state index contributed by atoms with van der Waals surface area (Å²) in [5, 5.41) is 3.29. The van der Waals surface area contributed by atoms with Crippen molar-refractivity contribution in [2.24, 2.45) is 7.05 Å². The van der Waals surface area contributed by atoms with Crippen molar-refractivity contribution >= 4 is 5.70 Å². The van der Waals surface area contributed by atoms with Gasteiger partial charge in [-0.05, 0) is 6.07 Å². The van der Waals surface area contributed by atoms with Gasteiger partial charge in [-0.3, -0.25) is 0 Å². The van der Waals surface area contributed by atoms with Crippen LogP contribution in [0.25, 0.3) is 5.70 Å². The topological polar surface area (TPSA) is 17.0 Å². The molecule has 64 valence electrons. The molecule has 2 heterocycles. The molecule has 0 aromatic carbocycles. The van der Waals surface area contributed by atoms with Crippen molar-refractivity contribution in [3.05, 3.63) is 30.1 Å². The van der Waals surface area contributed by atoms with Gasteiger partial charge in [-0.25, -0.2) is 0 Å². The lowest BCUT2D eigenvalue weighted by Crippen LogP contribution is -2.25. The molecule has 1 aromatic heterocycles. The number of nitrogens with one attached hydrogen (secondary N) is 1. The molecule has 1 atom stereocenters. The third-order valence-electron chi connectivity index (χ3n) is 2.53. The number of hydrogen-bond donors (Lipinski definition) is 1. The van der Waals surface area contributed by atoms with Gasteiger partial charge in [0.05, 0.1) is 0 Å². The van der Waals surface area contributed by atoms with E-state index in [-0.39, 0.29) is 0 Å². The van der Waals surface area contributed by atoms with E-state index in [2.05, 4.69) is 42.7 Å². The molecule has 0 amide bonds. The first-order chi connectivity index (χ1) is 5.70. The van der Waals surface area contributed by atoms with Crippen LogP contribution in [0.4, 0.5) is 0 Å². The number of aryl methyl sites for hydroxylation is 1. The van der Waals surface area contributed by atoms with Crippen LogP contribution in [0.2, 0.25) is 0 Å². The number of aromatic nitrogens is 1. The van der Waals surface area contributed by atoms with Crippen LogP contribution in [0.5, 0.6) is 0 Å². The lowest BCUT2D eigenvalue weighted by molar-refractivity contribution is 0.634. The van der Waals surface area contributed by atoms with Gasteiger partial charge in [0.25, 0.3) is 0 Å². The molecule has 1 aromatic rings. The molecule has 1 N–H and O–H groups in total. The van der Waals surface area contributed by atoms with Crippen LogP contribution in [0.15, 0.2) is 18.8 Å². The van der Waals surface area contributed by atoms with Gasteiger partial charge in [-0.1, -0.05) is 13.5 Å². The molecule has 0 saturated carbocycles. The summed E-state index contributed by atoms with van der Waals surface area (Å²) < 4.78 is 2.19. The summed E-state index contributed by atoms with van der Waals surface area (Å²) in [6.07, 6.45) is 2.10. The summed E-state index contributed by atoms with van der Waals surface area (Å²) in [5.41, 5.74) is 3.73. The second-order valence-electron chi connectivity index (χ2n) is 3.49. The molecule has 2 rings (SSSR count). The predicted molar refractivity (Wildman–Crippen MR) is 50.9 cm³/mol. The van der Waals surface area contributed by atoms with Crippen molar-refractivity contribution in [2.75, 3.05) is 6.54 Å². The lowest BCUT2D eigenvalue weighted by atomic mass is 9.98. The fraction of sp³-hybridized carbons (Fsp3) is 0.400. The maximum Gasteiger partial charge on any atom is 0.0359 e. The zero-order valence-corrected chi connectivity index (χ0v) is 7.59. The average molecular weight is 162 g/mol. The summed E-state index contributed by atoms with van der Waals surface area (Å²) in [6.45, 7) is 7.22. The lowest BCUT2D eigenvalue weighted by Gasteiger charge is -2.24. The van der Waals surface area contributed by atoms with E-state index in [9.17, 15) is 0 Å². The summed E-state index contributed by atoms with van der Waals surface area (Å²) in [4.78, 5) is 0. The molecule has 2 heteroatoms. The Kier molecular flexibility index (Phi) is 1.50. The summed E-state index contributed by atoms with van der Waals surface area (Å²) in [5.74, 6) is 0.588. The van der Waals surface area contributed by atoms with Crippen molar-refractivity contribution in [3.8, 4) is 0 Å². The molecular formula is C10H14N2. The van der Waals surface area contributed by atoms with E-state index in [4.69, 9.17) is 0 Å². The predicted octanol–water partition coefficient (Wildman–Crippen LogP) is 1.70. The maximum absolute atomic E-state index is 3.98. The van der Waals surface area contributed by atoms with Crippen molar-refractivity contribution in [1.82, 2.24) is 9.88 Å². The van der Waals surface area contributed by atoms with Crippen LogP contribution in [0.3, 0.4) is 0 Å². The molecule has 0 aliphatic carbocycles. The molecule has 1 unspecified atom stereocenters. The molecule has 1 aliphatic heterocycles. The van der Waals surface area contributed by atoms with Gasteiger partial charge in [0, 0.05) is 42.7 Å². The molecule has 12 heavy (non-hydrogen) atoms. The fourth-order valence-electron chi connectivity index (χ4n) is 1.88. The monoisotopic (exact) mass is 162 g/mol. The van der Waals surface area contributed by atoms with E-state index in [0.29, 0.717) is 5.92 Å². The van der Waals surface area contributed by atoms with Crippen LogP contribution >= 0.6 is 0 Å². The van der Waals surface area contributed by atoms with Crippen LogP contribution in [-0.4, -0.2) is 11.1 Å². The average Bonchev–Trinajstić information content (AvgIpc) is 2.42. The summed E-state index contributed by atoms with van der Waals surface area (Å²) in [6, 6.07) is 2.13. The zero-order valence-electron chi connectivity index (χ0n) is 7.59. The second-order valence-corrected chi connectivity index (χ2v) is 3.49. The normalized spacial score (nSPS) is 21.8. The van der Waals surface area contributed by atoms with Gasteiger partial charge in [-0.2, -0.15) is 0 Å². The van der Waals surface area contributed by atoms with Crippen molar-refractivity contribution in [3.63, 3.8) is 0 Å². The van der Waals surface area contributed by atoms with Crippen molar-refractivity contribution in [1.29, 1.82) is 0 Å². The Morgan fingerprint density at radius 3 is 3.08 bits per heavy atom. The quantitative estimate of drug-likeness (QED) is 0.614. The van der Waals surface area contributed by atoms with Gasteiger partial charge in [-0.15, -0.1) is 0 Å².